The summed E-state index contributed by atoms with van der Waals surface area (Å²) in [4.78, 5) is 12.1. The molecule has 0 fully saturated rings. The van der Waals surface area contributed by atoms with E-state index in [0.29, 0.717) is 0 Å². The second kappa shape index (κ2) is 7.64. The van der Waals surface area contributed by atoms with Crippen molar-refractivity contribution in [2.24, 2.45) is 0 Å². The number of halogens is 12. The highest BCUT2D eigenvalue weighted by Crippen LogP contribution is 2.39. The fourth-order valence-electron chi connectivity index (χ4n) is 2.32. The first-order valence-electron chi connectivity index (χ1n) is 7.69. The molecule has 0 unspecified atom stereocenters. The van der Waals surface area contributed by atoms with Crippen LogP contribution in [0.1, 0.15) is 32.6 Å². The molecule has 0 aromatic heterocycles. The van der Waals surface area contributed by atoms with E-state index in [1.54, 1.807) is 0 Å². The third kappa shape index (κ3) is 6.04. The summed E-state index contributed by atoms with van der Waals surface area (Å²) in [5, 5.41) is 1.47. The Hall–Kier alpha value is -2.93. The van der Waals surface area contributed by atoms with Crippen LogP contribution in [0.25, 0.3) is 0 Å². The first kappa shape index (κ1) is 24.3. The summed E-state index contributed by atoms with van der Waals surface area (Å²) < 4.78 is 154. The van der Waals surface area contributed by atoms with E-state index in [4.69, 9.17) is 0 Å². The molecular weight excluding hydrogens is 462 g/mol. The molecule has 0 atom stereocenters. The predicted octanol–water partition coefficient (Wildman–Crippen LogP) is 7.01. The van der Waals surface area contributed by atoms with Crippen LogP contribution in [0.2, 0.25) is 0 Å². The monoisotopic (exact) mass is 469 g/mol. The van der Waals surface area contributed by atoms with E-state index in [0.717, 1.165) is 0 Å². The minimum Gasteiger partial charge on any atom is -0.322 e. The van der Waals surface area contributed by atoms with Crippen LogP contribution in [0.4, 0.5) is 58.4 Å². The Labute approximate surface area is 164 Å². The lowest BCUT2D eigenvalue weighted by Gasteiger charge is -2.16. The molecule has 2 nitrogen and oxygen atoms in total. The van der Waals surface area contributed by atoms with Gasteiger partial charge in [-0.05, 0) is 36.4 Å². The number of benzene rings is 2. The molecule has 0 saturated carbocycles. The van der Waals surface area contributed by atoms with Gasteiger partial charge in [0.15, 0.2) is 0 Å². The Kier molecular flexibility index (Phi) is 6.00. The number of amides is 1. The van der Waals surface area contributed by atoms with Crippen molar-refractivity contribution in [1.29, 1.82) is 0 Å². The normalized spacial score (nSPS) is 13.3. The first-order chi connectivity index (χ1) is 13.8. The molecule has 31 heavy (non-hydrogen) atoms. The molecule has 1 amide bonds. The Morgan fingerprint density at radius 2 is 0.806 bits per heavy atom. The van der Waals surface area contributed by atoms with Gasteiger partial charge in [0.05, 0.1) is 22.3 Å². The smallest absolute Gasteiger partial charge is 0.322 e. The van der Waals surface area contributed by atoms with Crippen LogP contribution < -0.4 is 5.32 Å². The number of anilines is 1. The quantitative estimate of drug-likeness (QED) is 0.471. The van der Waals surface area contributed by atoms with Gasteiger partial charge in [0, 0.05) is 11.3 Å². The van der Waals surface area contributed by atoms with Crippen LogP contribution >= 0.6 is 0 Å². The van der Waals surface area contributed by atoms with Gasteiger partial charge in [0.1, 0.15) is 0 Å². The van der Waals surface area contributed by atoms with Gasteiger partial charge in [-0.1, -0.05) is 0 Å². The molecule has 0 radical (unpaired) electrons. The number of nitrogens with one attached hydrogen (secondary N) is 1. The molecule has 2 rings (SSSR count). The highest BCUT2D eigenvalue weighted by molar-refractivity contribution is 6.04. The Morgan fingerprint density at radius 3 is 1.10 bits per heavy atom. The van der Waals surface area contributed by atoms with Crippen molar-refractivity contribution in [2.45, 2.75) is 24.7 Å². The van der Waals surface area contributed by atoms with Crippen molar-refractivity contribution in [3.8, 4) is 0 Å². The van der Waals surface area contributed by atoms with E-state index in [2.05, 4.69) is 0 Å². The van der Waals surface area contributed by atoms with E-state index in [1.165, 1.54) is 5.32 Å². The van der Waals surface area contributed by atoms with Crippen molar-refractivity contribution in [2.75, 3.05) is 5.32 Å². The maximum atomic E-state index is 12.8. The van der Waals surface area contributed by atoms with Gasteiger partial charge in [-0.3, -0.25) is 4.79 Å². The number of hydrogen-bond donors (Lipinski definition) is 1. The van der Waals surface area contributed by atoms with Crippen molar-refractivity contribution >= 4 is 11.6 Å². The molecule has 0 aliphatic rings. The molecule has 2 aromatic carbocycles. The Bertz CT molecular complexity index is 918. The third-order valence-corrected chi connectivity index (χ3v) is 3.70. The summed E-state index contributed by atoms with van der Waals surface area (Å²) in [6, 6.07) is -0.535. The van der Waals surface area contributed by atoms with E-state index in [-0.39, 0.29) is 36.4 Å². The van der Waals surface area contributed by atoms with E-state index < -0.39 is 64.1 Å². The molecule has 0 spiro atoms. The number of alkyl halides is 12. The van der Waals surface area contributed by atoms with Crippen LogP contribution in [0.15, 0.2) is 36.4 Å². The highest BCUT2D eigenvalue weighted by Gasteiger charge is 2.39. The van der Waals surface area contributed by atoms with Gasteiger partial charge in [0.25, 0.3) is 5.91 Å². The standard InChI is InChI=1S/C17H7F12NO/c18-14(19,20)8-1-7(2-9(3-8)15(21,22)23)13(31)30-12-5-10(16(24,25)26)4-11(6-12)17(27,28)29/h1-6H,(H,30,31). The summed E-state index contributed by atoms with van der Waals surface area (Å²) in [5.74, 6) is -1.79. The van der Waals surface area contributed by atoms with Crippen molar-refractivity contribution in [3.05, 3.63) is 64.2 Å². The van der Waals surface area contributed by atoms with Crippen molar-refractivity contribution < 1.29 is 57.5 Å². The van der Waals surface area contributed by atoms with Crippen LogP contribution in [0, 0.1) is 0 Å². The van der Waals surface area contributed by atoms with Gasteiger partial charge >= 0.3 is 24.7 Å². The highest BCUT2D eigenvalue weighted by atomic mass is 19.4. The lowest BCUT2D eigenvalue weighted by Crippen LogP contribution is -2.18. The maximum absolute atomic E-state index is 12.8. The number of rotatable bonds is 2. The van der Waals surface area contributed by atoms with E-state index in [9.17, 15) is 57.5 Å². The second-order valence-electron chi connectivity index (χ2n) is 6.04. The lowest BCUT2D eigenvalue weighted by molar-refractivity contribution is -0.144. The average molecular weight is 469 g/mol. The maximum Gasteiger partial charge on any atom is 0.416 e. The van der Waals surface area contributed by atoms with Crippen LogP contribution in [-0.2, 0) is 24.7 Å². The third-order valence-electron chi connectivity index (χ3n) is 3.70. The minimum absolute atomic E-state index is 0.0249. The summed E-state index contributed by atoms with van der Waals surface area (Å²) >= 11 is 0. The van der Waals surface area contributed by atoms with Gasteiger partial charge in [0.2, 0.25) is 0 Å². The Morgan fingerprint density at radius 1 is 0.516 bits per heavy atom. The molecule has 2 aromatic rings. The van der Waals surface area contributed by atoms with Crippen LogP contribution in [0.5, 0.6) is 0 Å². The van der Waals surface area contributed by atoms with Gasteiger partial charge in [-0.25, -0.2) is 0 Å². The van der Waals surface area contributed by atoms with Crippen molar-refractivity contribution in [1.82, 2.24) is 0 Å². The molecule has 0 saturated heterocycles. The number of hydrogen-bond acceptors (Lipinski definition) is 1. The zero-order valence-corrected chi connectivity index (χ0v) is 14.4. The zero-order valence-electron chi connectivity index (χ0n) is 14.4. The largest absolute Gasteiger partial charge is 0.416 e. The van der Waals surface area contributed by atoms with E-state index in [1.807, 2.05) is 0 Å². The van der Waals surface area contributed by atoms with Gasteiger partial charge in [-0.15, -0.1) is 0 Å². The topological polar surface area (TPSA) is 29.1 Å². The van der Waals surface area contributed by atoms with Crippen LogP contribution in [-0.4, -0.2) is 5.91 Å². The SMILES string of the molecule is O=C(Nc1cc(C(F)(F)F)cc(C(F)(F)F)c1)c1cc(C(F)(F)F)cc(C(F)(F)F)c1. The first-order valence-corrected chi connectivity index (χ1v) is 7.69. The summed E-state index contributed by atoms with van der Waals surface area (Å²) in [5.41, 5.74) is -9.92. The molecule has 170 valence electrons. The van der Waals surface area contributed by atoms with Crippen molar-refractivity contribution in [3.63, 3.8) is 0 Å². The molecule has 0 aliphatic carbocycles. The average Bonchev–Trinajstić information content (AvgIpc) is 2.58. The van der Waals surface area contributed by atoms with Gasteiger partial charge in [-0.2, -0.15) is 52.7 Å². The Balaban J connectivity index is 2.54. The molecule has 0 bridgehead atoms. The molecule has 1 N–H and O–H groups in total. The fourth-order valence-corrected chi connectivity index (χ4v) is 2.32. The van der Waals surface area contributed by atoms with Gasteiger partial charge < -0.3 is 5.32 Å². The van der Waals surface area contributed by atoms with Crippen LogP contribution in [0.3, 0.4) is 0 Å². The summed E-state index contributed by atoms with van der Waals surface area (Å²) in [6.07, 6.45) is -21.2. The number of carbonyl (C=O) groups is 1. The molecule has 14 heteroatoms. The molecule has 0 heterocycles. The summed E-state index contributed by atoms with van der Waals surface area (Å²) in [6.45, 7) is 0. The fraction of sp³-hybridized carbons (Fsp3) is 0.235. The van der Waals surface area contributed by atoms with E-state index >= 15 is 0 Å². The summed E-state index contributed by atoms with van der Waals surface area (Å²) in [7, 11) is 0. The zero-order chi connectivity index (χ0) is 24.0. The lowest BCUT2D eigenvalue weighted by atomic mass is 10.0. The molecule has 0 aliphatic heterocycles. The predicted molar refractivity (Wildman–Crippen MR) is 80.8 cm³/mol. The minimum atomic E-state index is -5.32. The number of carbonyl (C=O) groups excluding carboxylic acids is 1. The second-order valence-corrected chi connectivity index (χ2v) is 6.04. The molecular formula is C17H7F12NO.